The molecule has 0 fully saturated rings. The lowest BCUT2D eigenvalue weighted by atomic mass is 10.0. The Labute approximate surface area is 114 Å². The topological polar surface area (TPSA) is 93.1 Å². The van der Waals surface area contributed by atoms with Gasteiger partial charge in [-0.15, -0.1) is 0 Å². The van der Waals surface area contributed by atoms with Crippen LogP contribution in [-0.2, 0) is 14.3 Å². The van der Waals surface area contributed by atoms with E-state index < -0.39 is 30.0 Å². The molecule has 0 saturated carbocycles. The zero-order chi connectivity index (χ0) is 15.3. The minimum absolute atomic E-state index is 0.0399. The van der Waals surface area contributed by atoms with Crippen LogP contribution >= 0.6 is 0 Å². The van der Waals surface area contributed by atoms with Crippen molar-refractivity contribution in [3.8, 4) is 0 Å². The first-order valence-corrected chi connectivity index (χ1v) is 5.82. The number of halogens is 1. The highest BCUT2D eigenvalue weighted by molar-refractivity contribution is 5.89. The van der Waals surface area contributed by atoms with Gasteiger partial charge in [-0.05, 0) is 24.6 Å². The first-order chi connectivity index (χ1) is 9.42. The molecule has 0 heterocycles. The quantitative estimate of drug-likeness (QED) is 0.769. The third kappa shape index (κ3) is 3.52. The Morgan fingerprint density at radius 3 is 2.50 bits per heavy atom. The van der Waals surface area contributed by atoms with Gasteiger partial charge >= 0.3 is 11.9 Å². The Morgan fingerprint density at radius 1 is 1.35 bits per heavy atom. The fraction of sp³-hybridized carbons (Fsp3) is 0.385. The lowest BCUT2D eigenvalue weighted by Gasteiger charge is -2.17. The van der Waals surface area contributed by atoms with E-state index in [9.17, 15) is 24.2 Å². The van der Waals surface area contributed by atoms with E-state index in [2.05, 4.69) is 9.47 Å². The number of ether oxygens (including phenoxy) is 2. The van der Waals surface area contributed by atoms with Crippen LogP contribution in [0.2, 0.25) is 0 Å². The highest BCUT2D eigenvalue weighted by Crippen LogP contribution is 2.21. The van der Waals surface area contributed by atoms with E-state index in [0.717, 1.165) is 19.2 Å². The second kappa shape index (κ2) is 6.97. The van der Waals surface area contributed by atoms with Crippen molar-refractivity contribution in [2.75, 3.05) is 13.7 Å². The first-order valence-electron chi connectivity index (χ1n) is 5.82. The summed E-state index contributed by atoms with van der Waals surface area (Å²) >= 11 is 0. The fourth-order valence-electron chi connectivity index (χ4n) is 1.53. The molecule has 0 aliphatic rings. The van der Waals surface area contributed by atoms with Gasteiger partial charge in [0.25, 0.3) is 0 Å². The molecule has 2 atom stereocenters. The van der Waals surface area contributed by atoms with Crippen molar-refractivity contribution in [3.05, 3.63) is 35.1 Å². The van der Waals surface area contributed by atoms with Crippen LogP contribution in [0.25, 0.3) is 0 Å². The number of carbonyl (C=O) groups is 2. The molecule has 0 aliphatic heterocycles. The summed E-state index contributed by atoms with van der Waals surface area (Å²) < 4.78 is 22.6. The monoisotopic (exact) mass is 286 g/mol. The fourth-order valence-corrected chi connectivity index (χ4v) is 1.53. The molecule has 0 amide bonds. The molecule has 0 radical (unpaired) electrons. The number of aliphatic hydroxyl groups is 2. The van der Waals surface area contributed by atoms with Crippen molar-refractivity contribution in [3.63, 3.8) is 0 Å². The summed E-state index contributed by atoms with van der Waals surface area (Å²) in [5.41, 5.74) is -0.371. The van der Waals surface area contributed by atoms with Crippen molar-refractivity contribution >= 4 is 11.9 Å². The van der Waals surface area contributed by atoms with Crippen LogP contribution in [0.1, 0.15) is 28.9 Å². The van der Waals surface area contributed by atoms with Gasteiger partial charge in [-0.1, -0.05) is 6.07 Å². The summed E-state index contributed by atoms with van der Waals surface area (Å²) in [6.45, 7) is 1.58. The molecule has 20 heavy (non-hydrogen) atoms. The summed E-state index contributed by atoms with van der Waals surface area (Å²) in [4.78, 5) is 22.5. The molecule has 6 nitrogen and oxygen atoms in total. The minimum atomic E-state index is -1.83. The molecule has 0 saturated heterocycles. The Morgan fingerprint density at radius 2 is 2.00 bits per heavy atom. The molecule has 110 valence electrons. The van der Waals surface area contributed by atoms with E-state index in [1.54, 1.807) is 6.92 Å². The summed E-state index contributed by atoms with van der Waals surface area (Å²) in [5.74, 6) is -2.81. The standard InChI is InChI=1S/C13H15FO6/c1-3-20-13(18)11(16)10(15)7-4-5-8(9(14)6-7)12(17)19-2/h4-6,10-11,15-16H,3H2,1-2H3. The number of esters is 2. The van der Waals surface area contributed by atoms with Gasteiger partial charge in [0.2, 0.25) is 0 Å². The Kier molecular flexibility index (Phi) is 5.60. The first kappa shape index (κ1) is 16.1. The molecule has 7 heteroatoms. The Bertz CT molecular complexity index is 502. The predicted molar refractivity (Wildman–Crippen MR) is 65.3 cm³/mol. The smallest absolute Gasteiger partial charge is 0.340 e. The maximum Gasteiger partial charge on any atom is 0.340 e. The van der Waals surface area contributed by atoms with E-state index in [0.29, 0.717) is 0 Å². The highest BCUT2D eigenvalue weighted by Gasteiger charge is 2.28. The summed E-state index contributed by atoms with van der Waals surface area (Å²) in [5, 5.41) is 19.3. The van der Waals surface area contributed by atoms with Gasteiger partial charge in [0.05, 0.1) is 19.3 Å². The molecule has 1 rings (SSSR count). The van der Waals surface area contributed by atoms with Crippen LogP contribution in [0, 0.1) is 5.82 Å². The summed E-state index contributed by atoms with van der Waals surface area (Å²) in [6, 6.07) is 3.15. The molecule has 2 N–H and O–H groups in total. The number of aliphatic hydroxyl groups excluding tert-OH is 2. The van der Waals surface area contributed by atoms with Gasteiger partial charge in [-0.3, -0.25) is 0 Å². The zero-order valence-corrected chi connectivity index (χ0v) is 11.0. The van der Waals surface area contributed by atoms with Gasteiger partial charge in [0, 0.05) is 0 Å². The van der Waals surface area contributed by atoms with Crippen molar-refractivity contribution < 1.29 is 33.7 Å². The third-order valence-electron chi connectivity index (χ3n) is 2.57. The van der Waals surface area contributed by atoms with E-state index in [4.69, 9.17) is 0 Å². The van der Waals surface area contributed by atoms with Gasteiger partial charge < -0.3 is 19.7 Å². The number of rotatable bonds is 5. The molecular weight excluding hydrogens is 271 g/mol. The number of hydrogen-bond acceptors (Lipinski definition) is 6. The largest absolute Gasteiger partial charge is 0.465 e. The van der Waals surface area contributed by atoms with E-state index in [1.165, 1.54) is 6.07 Å². The van der Waals surface area contributed by atoms with Crippen LogP contribution in [0.4, 0.5) is 4.39 Å². The maximum atomic E-state index is 13.7. The number of hydrogen-bond donors (Lipinski definition) is 2. The molecule has 0 aromatic heterocycles. The second-order valence-corrected chi connectivity index (χ2v) is 3.87. The SMILES string of the molecule is CCOC(=O)C(O)C(O)c1ccc(C(=O)OC)c(F)c1. The van der Waals surface area contributed by atoms with Gasteiger partial charge in [-0.2, -0.15) is 0 Å². The van der Waals surface area contributed by atoms with Crippen LogP contribution in [-0.4, -0.2) is 42.0 Å². The van der Waals surface area contributed by atoms with Gasteiger partial charge in [-0.25, -0.2) is 14.0 Å². The lowest BCUT2D eigenvalue weighted by Crippen LogP contribution is -2.30. The Hall–Kier alpha value is -1.99. The molecule has 0 bridgehead atoms. The van der Waals surface area contributed by atoms with Crippen LogP contribution in [0.3, 0.4) is 0 Å². The van der Waals surface area contributed by atoms with Gasteiger partial charge in [0.1, 0.15) is 11.9 Å². The van der Waals surface area contributed by atoms with E-state index in [-0.39, 0.29) is 17.7 Å². The van der Waals surface area contributed by atoms with E-state index >= 15 is 0 Å². The van der Waals surface area contributed by atoms with Crippen molar-refractivity contribution in [1.29, 1.82) is 0 Å². The van der Waals surface area contributed by atoms with Gasteiger partial charge in [0.15, 0.2) is 6.10 Å². The van der Waals surface area contributed by atoms with Crippen molar-refractivity contribution in [1.82, 2.24) is 0 Å². The van der Waals surface area contributed by atoms with E-state index in [1.807, 2.05) is 0 Å². The molecule has 0 spiro atoms. The van der Waals surface area contributed by atoms with Crippen LogP contribution < -0.4 is 0 Å². The average Bonchev–Trinajstić information content (AvgIpc) is 2.45. The molecule has 1 aromatic rings. The van der Waals surface area contributed by atoms with Crippen molar-refractivity contribution in [2.24, 2.45) is 0 Å². The normalized spacial score (nSPS) is 13.4. The number of benzene rings is 1. The lowest BCUT2D eigenvalue weighted by molar-refractivity contribution is -0.159. The van der Waals surface area contributed by atoms with Crippen molar-refractivity contribution in [2.45, 2.75) is 19.1 Å². The van der Waals surface area contributed by atoms with Crippen LogP contribution in [0.5, 0.6) is 0 Å². The Balaban J connectivity index is 2.95. The molecule has 1 aromatic carbocycles. The number of carbonyl (C=O) groups excluding carboxylic acids is 2. The molecule has 0 aliphatic carbocycles. The second-order valence-electron chi connectivity index (χ2n) is 3.87. The average molecular weight is 286 g/mol. The molecular formula is C13H15FO6. The zero-order valence-electron chi connectivity index (χ0n) is 11.0. The minimum Gasteiger partial charge on any atom is -0.465 e. The summed E-state index contributed by atoms with van der Waals surface area (Å²) in [7, 11) is 1.11. The van der Waals surface area contributed by atoms with Crippen LogP contribution in [0.15, 0.2) is 18.2 Å². The third-order valence-corrected chi connectivity index (χ3v) is 2.57. The molecule has 2 unspecified atom stereocenters. The number of methoxy groups -OCH3 is 1. The maximum absolute atomic E-state index is 13.7. The predicted octanol–water partition coefficient (Wildman–Crippen LogP) is 0.570. The highest BCUT2D eigenvalue weighted by atomic mass is 19.1. The summed E-state index contributed by atoms with van der Waals surface area (Å²) in [6.07, 6.45) is -3.49.